The van der Waals surface area contributed by atoms with E-state index in [4.69, 9.17) is 4.74 Å². The monoisotopic (exact) mass is 307 g/mol. The highest BCUT2D eigenvalue weighted by atomic mass is 16.5. The number of aryl methyl sites for hydroxylation is 2. The molecule has 23 heavy (non-hydrogen) atoms. The zero-order chi connectivity index (χ0) is 16.2. The Morgan fingerprint density at radius 2 is 1.87 bits per heavy atom. The molecule has 0 bridgehead atoms. The molecule has 0 aliphatic rings. The van der Waals surface area contributed by atoms with Crippen molar-refractivity contribution in [3.05, 3.63) is 59.9 Å². The van der Waals surface area contributed by atoms with E-state index in [0.717, 1.165) is 34.6 Å². The van der Waals surface area contributed by atoms with Crippen LogP contribution in [0.3, 0.4) is 0 Å². The molecule has 0 saturated carbocycles. The van der Waals surface area contributed by atoms with Crippen LogP contribution >= 0.6 is 0 Å². The summed E-state index contributed by atoms with van der Waals surface area (Å²) >= 11 is 0. The topological polar surface area (TPSA) is 38.2 Å². The van der Waals surface area contributed by atoms with Gasteiger partial charge in [-0.05, 0) is 37.6 Å². The molecule has 2 aromatic carbocycles. The number of nitrogens with zero attached hydrogens (tertiary/aromatic N) is 3. The number of aromatic nitrogens is 2. The van der Waals surface area contributed by atoms with Crippen molar-refractivity contribution in [1.82, 2.24) is 9.97 Å². The Morgan fingerprint density at radius 3 is 2.70 bits per heavy atom. The van der Waals surface area contributed by atoms with Gasteiger partial charge in [0.25, 0.3) is 0 Å². The first-order valence-electron chi connectivity index (χ1n) is 7.76. The van der Waals surface area contributed by atoms with Crippen molar-refractivity contribution in [2.75, 3.05) is 25.1 Å². The number of hydrogen-bond donors (Lipinski definition) is 0. The first-order chi connectivity index (χ1) is 11.1. The molecule has 1 aromatic heterocycles. The van der Waals surface area contributed by atoms with E-state index in [1.54, 1.807) is 6.33 Å². The van der Waals surface area contributed by atoms with Crippen molar-refractivity contribution in [3.63, 3.8) is 0 Å². The molecule has 0 atom stereocenters. The number of benzene rings is 2. The highest BCUT2D eigenvalue weighted by Gasteiger charge is 2.09. The van der Waals surface area contributed by atoms with Crippen LogP contribution in [0.4, 0.5) is 5.82 Å². The van der Waals surface area contributed by atoms with Crippen molar-refractivity contribution in [2.45, 2.75) is 13.8 Å². The maximum absolute atomic E-state index is 5.88. The average Bonchev–Trinajstić information content (AvgIpc) is 2.56. The summed E-state index contributed by atoms with van der Waals surface area (Å²) in [5.74, 6) is 1.87. The zero-order valence-corrected chi connectivity index (χ0v) is 13.8. The minimum absolute atomic E-state index is 0.610. The van der Waals surface area contributed by atoms with Gasteiger partial charge in [0.1, 0.15) is 24.5 Å². The van der Waals surface area contributed by atoms with Gasteiger partial charge < -0.3 is 9.64 Å². The lowest BCUT2D eigenvalue weighted by Crippen LogP contribution is -2.25. The van der Waals surface area contributed by atoms with E-state index in [2.05, 4.69) is 46.9 Å². The van der Waals surface area contributed by atoms with Crippen LogP contribution in [0.5, 0.6) is 5.75 Å². The first-order valence-corrected chi connectivity index (χ1v) is 7.76. The lowest BCUT2D eigenvalue weighted by molar-refractivity contribution is 0.323. The van der Waals surface area contributed by atoms with Crippen LogP contribution in [0.25, 0.3) is 10.9 Å². The number of hydrogen-bond acceptors (Lipinski definition) is 4. The molecular weight excluding hydrogens is 286 g/mol. The van der Waals surface area contributed by atoms with Gasteiger partial charge in [-0.1, -0.05) is 29.8 Å². The molecule has 1 heterocycles. The van der Waals surface area contributed by atoms with Gasteiger partial charge in [0.05, 0.1) is 12.1 Å². The standard InChI is InChI=1S/C19H21N3O/c1-14-8-9-17-16(12-14)19(21-13-20-17)22(3)10-11-23-18-7-5-4-6-15(18)2/h4-9,12-13H,10-11H2,1-3H3. The Balaban J connectivity index is 1.72. The summed E-state index contributed by atoms with van der Waals surface area (Å²) in [5, 5.41) is 1.07. The number of anilines is 1. The second kappa shape index (κ2) is 6.65. The molecule has 3 rings (SSSR count). The van der Waals surface area contributed by atoms with Crippen molar-refractivity contribution in [2.24, 2.45) is 0 Å². The Labute approximate surface area is 136 Å². The molecule has 0 saturated heterocycles. The lowest BCUT2D eigenvalue weighted by atomic mass is 10.1. The summed E-state index contributed by atoms with van der Waals surface area (Å²) in [6, 6.07) is 14.3. The van der Waals surface area contributed by atoms with E-state index in [-0.39, 0.29) is 0 Å². The second-order valence-corrected chi connectivity index (χ2v) is 5.75. The fourth-order valence-corrected chi connectivity index (χ4v) is 2.58. The fraction of sp³-hybridized carbons (Fsp3) is 0.263. The lowest BCUT2D eigenvalue weighted by Gasteiger charge is -2.20. The molecule has 0 N–H and O–H groups in total. The highest BCUT2D eigenvalue weighted by Crippen LogP contribution is 2.23. The molecule has 0 fully saturated rings. The minimum atomic E-state index is 0.610. The molecule has 0 radical (unpaired) electrons. The van der Waals surface area contributed by atoms with E-state index in [9.17, 15) is 0 Å². The third-order valence-corrected chi connectivity index (χ3v) is 3.91. The quantitative estimate of drug-likeness (QED) is 0.719. The smallest absolute Gasteiger partial charge is 0.139 e. The van der Waals surface area contributed by atoms with Crippen molar-refractivity contribution in [3.8, 4) is 5.75 Å². The first kappa shape index (κ1) is 15.3. The molecule has 118 valence electrons. The van der Waals surface area contributed by atoms with Gasteiger partial charge in [0.2, 0.25) is 0 Å². The predicted octanol–water partition coefficient (Wildman–Crippen LogP) is 3.76. The van der Waals surface area contributed by atoms with Gasteiger partial charge in [-0.25, -0.2) is 9.97 Å². The largest absolute Gasteiger partial charge is 0.491 e. The Morgan fingerprint density at radius 1 is 1.04 bits per heavy atom. The molecule has 4 heteroatoms. The fourth-order valence-electron chi connectivity index (χ4n) is 2.58. The Kier molecular flexibility index (Phi) is 4.42. The molecule has 0 spiro atoms. The van der Waals surface area contributed by atoms with Gasteiger partial charge in [-0.2, -0.15) is 0 Å². The molecule has 0 unspecified atom stereocenters. The number of rotatable bonds is 5. The van der Waals surface area contributed by atoms with Crippen LogP contribution < -0.4 is 9.64 Å². The van der Waals surface area contributed by atoms with Gasteiger partial charge >= 0.3 is 0 Å². The van der Waals surface area contributed by atoms with Gasteiger partial charge in [-0.15, -0.1) is 0 Å². The summed E-state index contributed by atoms with van der Waals surface area (Å²) in [6.45, 7) is 5.50. The van der Waals surface area contributed by atoms with E-state index in [1.165, 1.54) is 5.56 Å². The van der Waals surface area contributed by atoms with Crippen molar-refractivity contribution < 1.29 is 4.74 Å². The van der Waals surface area contributed by atoms with Gasteiger partial charge in [0, 0.05) is 12.4 Å². The van der Waals surface area contributed by atoms with E-state index in [1.807, 2.05) is 31.3 Å². The van der Waals surface area contributed by atoms with Gasteiger partial charge in [-0.3, -0.25) is 0 Å². The zero-order valence-electron chi connectivity index (χ0n) is 13.8. The maximum atomic E-state index is 5.88. The third-order valence-electron chi connectivity index (χ3n) is 3.91. The summed E-state index contributed by atoms with van der Waals surface area (Å²) in [6.07, 6.45) is 1.62. The summed E-state index contributed by atoms with van der Waals surface area (Å²) in [5.41, 5.74) is 3.32. The number of para-hydroxylation sites is 1. The summed E-state index contributed by atoms with van der Waals surface area (Å²) in [4.78, 5) is 10.9. The van der Waals surface area contributed by atoms with Crippen molar-refractivity contribution >= 4 is 16.7 Å². The molecule has 0 aliphatic heterocycles. The van der Waals surface area contributed by atoms with Crippen molar-refractivity contribution in [1.29, 1.82) is 0 Å². The molecule has 0 amide bonds. The average molecular weight is 307 g/mol. The molecule has 3 aromatic rings. The van der Waals surface area contributed by atoms with Crippen LogP contribution in [0.1, 0.15) is 11.1 Å². The number of ether oxygens (including phenoxy) is 1. The van der Waals surface area contributed by atoms with Crippen LogP contribution in [-0.4, -0.2) is 30.2 Å². The number of fused-ring (bicyclic) bond motifs is 1. The van der Waals surface area contributed by atoms with Crippen LogP contribution in [0, 0.1) is 13.8 Å². The third kappa shape index (κ3) is 3.42. The van der Waals surface area contributed by atoms with Gasteiger partial charge in [0.15, 0.2) is 0 Å². The van der Waals surface area contributed by atoms with Crippen LogP contribution in [-0.2, 0) is 0 Å². The normalized spacial score (nSPS) is 10.7. The summed E-state index contributed by atoms with van der Waals surface area (Å²) in [7, 11) is 2.03. The second-order valence-electron chi connectivity index (χ2n) is 5.75. The van der Waals surface area contributed by atoms with E-state index < -0.39 is 0 Å². The summed E-state index contributed by atoms with van der Waals surface area (Å²) < 4.78 is 5.88. The SMILES string of the molecule is Cc1ccc2ncnc(N(C)CCOc3ccccc3C)c2c1. The van der Waals surface area contributed by atoms with E-state index in [0.29, 0.717) is 6.61 Å². The maximum Gasteiger partial charge on any atom is 0.139 e. The Bertz CT molecular complexity index is 817. The highest BCUT2D eigenvalue weighted by molar-refractivity contribution is 5.89. The predicted molar refractivity (Wildman–Crippen MR) is 94.2 cm³/mol. The Hall–Kier alpha value is -2.62. The number of likely N-dealkylation sites (N-methyl/N-ethyl adjacent to an activating group) is 1. The molecular formula is C19H21N3O. The van der Waals surface area contributed by atoms with Crippen LogP contribution in [0.15, 0.2) is 48.8 Å². The van der Waals surface area contributed by atoms with E-state index >= 15 is 0 Å². The van der Waals surface area contributed by atoms with Crippen LogP contribution in [0.2, 0.25) is 0 Å². The molecule has 0 aliphatic carbocycles. The molecule has 4 nitrogen and oxygen atoms in total. The minimum Gasteiger partial charge on any atom is -0.491 e.